The highest BCUT2D eigenvalue weighted by Crippen LogP contribution is 2.32. The first-order valence-corrected chi connectivity index (χ1v) is 10.5. The van der Waals surface area contributed by atoms with Gasteiger partial charge in [0.2, 0.25) is 0 Å². The van der Waals surface area contributed by atoms with Crippen LogP contribution in [0.2, 0.25) is 15.1 Å². The second-order valence-electron chi connectivity index (χ2n) is 6.08. The van der Waals surface area contributed by atoms with Gasteiger partial charge in [-0.2, -0.15) is 5.10 Å². The molecule has 3 N–H and O–H groups in total. The van der Waals surface area contributed by atoms with Crippen molar-refractivity contribution in [1.82, 2.24) is 19.8 Å². The van der Waals surface area contributed by atoms with E-state index in [2.05, 4.69) is 37.9 Å². The molecular weight excluding hydrogens is 531 g/mol. The molecule has 160 valence electrons. The fraction of sp³-hybridized carbons (Fsp3) is 0.0526. The van der Waals surface area contributed by atoms with Gasteiger partial charge in [0.05, 0.1) is 27.8 Å². The van der Waals surface area contributed by atoms with Crippen molar-refractivity contribution in [2.45, 2.75) is 0 Å². The van der Waals surface area contributed by atoms with Crippen LogP contribution in [-0.2, 0) is 0 Å². The maximum Gasteiger partial charge on any atom is 0.274 e. The Morgan fingerprint density at radius 3 is 2.68 bits per heavy atom. The summed E-state index contributed by atoms with van der Waals surface area (Å²) in [6.07, 6.45) is 2.97. The average Bonchev–Trinajstić information content (AvgIpc) is 3.11. The molecule has 8 nitrogen and oxygen atoms in total. The lowest BCUT2D eigenvalue weighted by Crippen LogP contribution is -2.38. The van der Waals surface area contributed by atoms with Gasteiger partial charge in [0, 0.05) is 17.3 Å². The second kappa shape index (κ2) is 9.80. The molecule has 31 heavy (non-hydrogen) atoms. The van der Waals surface area contributed by atoms with Crippen LogP contribution in [0.3, 0.4) is 0 Å². The van der Waals surface area contributed by atoms with Crippen molar-refractivity contribution in [2.75, 3.05) is 11.9 Å². The molecule has 3 rings (SSSR count). The van der Waals surface area contributed by atoms with Crippen LogP contribution >= 0.6 is 50.7 Å². The summed E-state index contributed by atoms with van der Waals surface area (Å²) < 4.78 is 1.64. The minimum atomic E-state index is -0.620. The quantitative estimate of drug-likeness (QED) is 0.202. The number of hydrogen-bond acceptors (Lipinski definition) is 5. The Labute approximate surface area is 200 Å². The number of rotatable bonds is 6. The van der Waals surface area contributed by atoms with E-state index in [1.165, 1.54) is 35.2 Å². The van der Waals surface area contributed by atoms with Crippen LogP contribution in [0.15, 0.2) is 53.8 Å². The van der Waals surface area contributed by atoms with Crippen molar-refractivity contribution in [1.29, 1.82) is 0 Å². The SMILES string of the molecule is C=CCN(N)C(=O)c1cc(Cl)cc(Cl)c1NC(=O)c1cc(Br)nn1-c1ncccc1Cl. The van der Waals surface area contributed by atoms with Gasteiger partial charge in [0.15, 0.2) is 5.82 Å². The molecule has 2 aromatic heterocycles. The van der Waals surface area contributed by atoms with E-state index in [0.29, 0.717) is 4.60 Å². The average molecular weight is 545 g/mol. The molecule has 0 bridgehead atoms. The number of nitrogens with one attached hydrogen (secondary N) is 1. The van der Waals surface area contributed by atoms with Crippen molar-refractivity contribution < 1.29 is 9.59 Å². The molecule has 12 heteroatoms. The third-order valence-electron chi connectivity index (χ3n) is 3.96. The van der Waals surface area contributed by atoms with Crippen molar-refractivity contribution in [3.8, 4) is 5.82 Å². The van der Waals surface area contributed by atoms with Crippen molar-refractivity contribution in [3.05, 3.63) is 80.1 Å². The van der Waals surface area contributed by atoms with Crippen LogP contribution in [-0.4, -0.2) is 38.1 Å². The summed E-state index contributed by atoms with van der Waals surface area (Å²) in [7, 11) is 0. The number of aromatic nitrogens is 3. The summed E-state index contributed by atoms with van der Waals surface area (Å²) in [5.74, 6) is 4.78. The van der Waals surface area contributed by atoms with Crippen LogP contribution in [0.1, 0.15) is 20.8 Å². The Morgan fingerprint density at radius 2 is 2.00 bits per heavy atom. The van der Waals surface area contributed by atoms with E-state index in [9.17, 15) is 9.59 Å². The van der Waals surface area contributed by atoms with E-state index in [0.717, 1.165) is 5.01 Å². The Morgan fingerprint density at radius 1 is 1.26 bits per heavy atom. The minimum absolute atomic E-state index is 0.0104. The zero-order valence-corrected chi connectivity index (χ0v) is 19.5. The van der Waals surface area contributed by atoms with Gasteiger partial charge in [-0.1, -0.05) is 40.9 Å². The summed E-state index contributed by atoms with van der Waals surface area (Å²) in [5.41, 5.74) is 0.139. The van der Waals surface area contributed by atoms with Gasteiger partial charge >= 0.3 is 0 Å². The smallest absolute Gasteiger partial charge is 0.274 e. The van der Waals surface area contributed by atoms with E-state index in [4.69, 9.17) is 40.6 Å². The van der Waals surface area contributed by atoms with Crippen LogP contribution in [0.5, 0.6) is 0 Å². The number of hydrazine groups is 1. The fourth-order valence-corrected chi connectivity index (χ4v) is 3.75. The van der Waals surface area contributed by atoms with Crippen LogP contribution in [0.25, 0.3) is 5.82 Å². The molecule has 1 aromatic carbocycles. The van der Waals surface area contributed by atoms with Crippen LogP contribution in [0, 0.1) is 0 Å². The van der Waals surface area contributed by atoms with Crippen LogP contribution in [0.4, 0.5) is 5.69 Å². The number of halogens is 4. The lowest BCUT2D eigenvalue weighted by atomic mass is 10.1. The topological polar surface area (TPSA) is 106 Å². The number of amides is 2. The van der Waals surface area contributed by atoms with Crippen molar-refractivity contribution in [3.63, 3.8) is 0 Å². The number of nitrogens with zero attached hydrogens (tertiary/aromatic N) is 4. The first-order chi connectivity index (χ1) is 14.7. The summed E-state index contributed by atoms with van der Waals surface area (Å²) in [6, 6.07) is 7.49. The molecule has 0 unspecified atom stereocenters. The Hall–Kier alpha value is -2.43. The molecule has 0 radical (unpaired) electrons. The third-order valence-corrected chi connectivity index (χ3v) is 5.16. The number of nitrogens with two attached hydrogens (primary N) is 1. The number of benzene rings is 1. The molecular formula is C19H14BrCl3N6O2. The molecule has 2 heterocycles. The van der Waals surface area contributed by atoms with E-state index >= 15 is 0 Å². The molecule has 0 saturated heterocycles. The number of carbonyl (C=O) groups is 2. The normalized spacial score (nSPS) is 10.6. The highest BCUT2D eigenvalue weighted by molar-refractivity contribution is 9.10. The Bertz CT molecular complexity index is 1180. The van der Waals surface area contributed by atoms with E-state index in [1.54, 1.807) is 12.1 Å². The minimum Gasteiger partial charge on any atom is -0.319 e. The Kier molecular flexibility index (Phi) is 7.34. The lowest BCUT2D eigenvalue weighted by molar-refractivity contribution is 0.0775. The van der Waals surface area contributed by atoms with Gasteiger partial charge in [0.1, 0.15) is 10.3 Å². The molecule has 0 aliphatic rings. The molecule has 0 fully saturated rings. The summed E-state index contributed by atoms with van der Waals surface area (Å²) >= 11 is 21.8. The molecule has 0 aliphatic carbocycles. The zero-order valence-electron chi connectivity index (χ0n) is 15.7. The lowest BCUT2D eigenvalue weighted by Gasteiger charge is -2.18. The summed E-state index contributed by atoms with van der Waals surface area (Å²) in [4.78, 5) is 30.0. The fourth-order valence-electron chi connectivity index (χ4n) is 2.63. The highest BCUT2D eigenvalue weighted by atomic mass is 79.9. The predicted molar refractivity (Wildman–Crippen MR) is 124 cm³/mol. The van der Waals surface area contributed by atoms with E-state index < -0.39 is 11.8 Å². The highest BCUT2D eigenvalue weighted by Gasteiger charge is 2.24. The molecule has 0 saturated carbocycles. The first-order valence-electron chi connectivity index (χ1n) is 8.57. The maximum atomic E-state index is 13.1. The molecule has 0 aliphatic heterocycles. The molecule has 0 atom stereocenters. The zero-order chi connectivity index (χ0) is 22.7. The monoisotopic (exact) mass is 542 g/mol. The van der Waals surface area contributed by atoms with Crippen LogP contribution < -0.4 is 11.2 Å². The maximum absolute atomic E-state index is 13.1. The van der Waals surface area contributed by atoms with Crippen molar-refractivity contribution in [2.24, 2.45) is 5.84 Å². The standard InChI is InChI=1S/C19H14BrCl3N6O2/c1-2-6-28(24)19(31)11-7-10(21)8-13(23)16(11)26-18(30)14-9-15(20)27-29(14)17-12(22)4-3-5-25-17/h2-5,7-9H,1,6,24H2,(H,26,30). The molecule has 3 aromatic rings. The van der Waals surface area contributed by atoms with E-state index in [1.807, 2.05) is 0 Å². The van der Waals surface area contributed by atoms with Crippen molar-refractivity contribution >= 4 is 68.2 Å². The second-order valence-corrected chi connectivity index (χ2v) is 8.15. The van der Waals surface area contributed by atoms with Gasteiger partial charge in [-0.3, -0.25) is 14.6 Å². The van der Waals surface area contributed by atoms with Gasteiger partial charge in [0.25, 0.3) is 11.8 Å². The number of anilines is 1. The molecule has 2 amide bonds. The van der Waals surface area contributed by atoms with E-state index in [-0.39, 0.29) is 44.4 Å². The van der Waals surface area contributed by atoms with Gasteiger partial charge in [-0.05, 0) is 40.2 Å². The third kappa shape index (κ3) is 5.08. The largest absolute Gasteiger partial charge is 0.319 e. The summed E-state index contributed by atoms with van der Waals surface area (Å²) in [5, 5.41) is 8.31. The predicted octanol–water partition coefficient (Wildman–Crippen LogP) is 4.74. The number of hydrogen-bond donors (Lipinski definition) is 2. The number of carbonyl (C=O) groups excluding carboxylic acids is 2. The first kappa shape index (κ1) is 23.2. The number of pyridine rings is 1. The molecule has 0 spiro atoms. The van der Waals surface area contributed by atoms with Gasteiger partial charge in [-0.15, -0.1) is 6.58 Å². The summed E-state index contributed by atoms with van der Waals surface area (Å²) in [6.45, 7) is 3.62. The van der Waals surface area contributed by atoms with Gasteiger partial charge < -0.3 is 5.32 Å². The van der Waals surface area contributed by atoms with Gasteiger partial charge in [-0.25, -0.2) is 15.5 Å². The Balaban J connectivity index is 2.03.